The molecule has 4 amide bonds. The van der Waals surface area contributed by atoms with Gasteiger partial charge in [0.05, 0.1) is 55.6 Å². The number of amides is 4. The maximum atomic E-state index is 13.3. The number of pyridine rings is 6. The van der Waals surface area contributed by atoms with E-state index in [-0.39, 0.29) is 24.1 Å². The lowest BCUT2D eigenvalue weighted by Gasteiger charge is -2.35. The number of rotatable bonds is 6. The molecular formula is C48H52BClN14O6. The maximum Gasteiger partial charge on any atom is 0.490 e. The van der Waals surface area contributed by atoms with E-state index in [9.17, 15) is 9.59 Å². The number of halogens is 1. The van der Waals surface area contributed by atoms with Crippen molar-refractivity contribution in [3.63, 3.8) is 0 Å². The number of hydrogen-bond donors (Lipinski definition) is 4. The van der Waals surface area contributed by atoms with Crippen LogP contribution >= 0.6 is 11.6 Å². The van der Waals surface area contributed by atoms with Crippen LogP contribution in [0, 0.1) is 0 Å². The monoisotopic (exact) mass is 966 g/mol. The molecule has 0 unspecified atom stereocenters. The number of nitrogens with one attached hydrogen (secondary N) is 2. The van der Waals surface area contributed by atoms with Gasteiger partial charge in [-0.2, -0.15) is 0 Å². The van der Waals surface area contributed by atoms with E-state index in [1.807, 2.05) is 54.7 Å². The molecule has 12 rings (SSSR count). The molecule has 4 saturated heterocycles. The number of urea groups is 2. The van der Waals surface area contributed by atoms with Crippen LogP contribution in [0.15, 0.2) is 110 Å². The molecule has 0 spiro atoms. The van der Waals surface area contributed by atoms with Gasteiger partial charge in [0.2, 0.25) is 0 Å². The Kier molecular flexibility index (Phi) is 14.1. The number of aromatic nitrogens is 6. The molecule has 6 aliphatic heterocycles. The Bertz CT molecular complexity index is 2740. The van der Waals surface area contributed by atoms with E-state index in [4.69, 9.17) is 36.1 Å². The predicted octanol–water partition coefficient (Wildman–Crippen LogP) is 4.36. The maximum absolute atomic E-state index is 13.3. The number of carbonyl (C=O) groups excluding carboxylic acids is 2. The molecule has 22 heteroatoms. The number of fused-ring (bicyclic) bond motifs is 8. The van der Waals surface area contributed by atoms with E-state index < -0.39 is 7.12 Å². The third-order valence-electron chi connectivity index (χ3n) is 12.9. The van der Waals surface area contributed by atoms with Crippen LogP contribution < -0.4 is 45.5 Å². The number of nitrogens with zero attached hydrogens (tertiary/aromatic N) is 12. The quantitative estimate of drug-likeness (QED) is 0.135. The highest BCUT2D eigenvalue weighted by atomic mass is 35.5. The van der Waals surface area contributed by atoms with Crippen LogP contribution in [0.2, 0.25) is 5.15 Å². The summed E-state index contributed by atoms with van der Waals surface area (Å²) in [5, 5.41) is 24.0. The van der Waals surface area contributed by atoms with Crippen molar-refractivity contribution in [2.24, 2.45) is 0 Å². The molecule has 360 valence electrons. The zero-order chi connectivity index (χ0) is 48.0. The molecular weight excluding hydrogens is 915 g/mol. The average Bonchev–Trinajstić information content (AvgIpc) is 4.03. The van der Waals surface area contributed by atoms with Gasteiger partial charge >= 0.3 is 19.2 Å². The number of hydrogen-bond acceptors (Lipinski definition) is 16. The van der Waals surface area contributed by atoms with Crippen molar-refractivity contribution in [2.75, 3.05) is 119 Å². The number of anilines is 8. The van der Waals surface area contributed by atoms with Crippen molar-refractivity contribution in [1.82, 2.24) is 29.9 Å². The van der Waals surface area contributed by atoms with Gasteiger partial charge in [-0.05, 0) is 79.6 Å². The SMILES string of the molecule is O=C(Nc1ccccn1)N1c2nc(-c3ccc(N4CCOCC4)nc3)ccc2N2CC[C@H]1C2.O=C(Nc1ccccn1)N1c2nc(Cl)ccc2N2CC[C@H]1C2.OB(O)c1ccc(N2CCOCC2)nc1. The summed E-state index contributed by atoms with van der Waals surface area (Å²) in [6.45, 7) is 9.72. The van der Waals surface area contributed by atoms with Crippen LogP contribution in [0.3, 0.4) is 0 Å². The smallest absolute Gasteiger partial charge is 0.423 e. The Morgan fingerprint density at radius 3 is 1.60 bits per heavy atom. The van der Waals surface area contributed by atoms with Gasteiger partial charge in [0.25, 0.3) is 0 Å². The lowest BCUT2D eigenvalue weighted by molar-refractivity contribution is 0.122. The molecule has 2 atom stereocenters. The lowest BCUT2D eigenvalue weighted by atomic mass is 9.82. The molecule has 20 nitrogen and oxygen atoms in total. The Balaban J connectivity index is 0.000000132. The first-order valence-corrected chi connectivity index (χ1v) is 23.8. The molecule has 0 saturated carbocycles. The summed E-state index contributed by atoms with van der Waals surface area (Å²) >= 11 is 6.02. The van der Waals surface area contributed by atoms with Crippen LogP contribution in [-0.4, -0.2) is 150 Å². The highest BCUT2D eigenvalue weighted by molar-refractivity contribution is 6.58. The molecule has 6 aromatic rings. The minimum Gasteiger partial charge on any atom is -0.423 e. The zero-order valence-corrected chi connectivity index (χ0v) is 39.1. The van der Waals surface area contributed by atoms with Gasteiger partial charge < -0.3 is 39.1 Å². The minimum absolute atomic E-state index is 0.0887. The van der Waals surface area contributed by atoms with Gasteiger partial charge in [-0.3, -0.25) is 20.4 Å². The van der Waals surface area contributed by atoms with Crippen LogP contribution in [0.25, 0.3) is 11.3 Å². The van der Waals surface area contributed by atoms with Crippen molar-refractivity contribution >= 4 is 82.5 Å². The lowest BCUT2D eigenvalue weighted by Crippen LogP contribution is -2.48. The minimum atomic E-state index is -1.45. The fourth-order valence-electron chi connectivity index (χ4n) is 9.34. The summed E-state index contributed by atoms with van der Waals surface area (Å²) < 4.78 is 10.7. The van der Waals surface area contributed by atoms with Crippen molar-refractivity contribution in [1.29, 1.82) is 0 Å². The van der Waals surface area contributed by atoms with Crippen LogP contribution in [0.4, 0.5) is 55.9 Å². The molecule has 0 radical (unpaired) electrons. The van der Waals surface area contributed by atoms with Crippen LogP contribution in [0.1, 0.15) is 12.8 Å². The topological polar surface area (TPSA) is 214 Å². The van der Waals surface area contributed by atoms with E-state index in [0.717, 1.165) is 113 Å². The molecule has 70 heavy (non-hydrogen) atoms. The first kappa shape index (κ1) is 46.6. The van der Waals surface area contributed by atoms with Gasteiger partial charge in [0.15, 0.2) is 11.6 Å². The van der Waals surface area contributed by atoms with E-state index in [1.54, 1.807) is 52.5 Å². The predicted molar refractivity (Wildman–Crippen MR) is 270 cm³/mol. The normalized spacial score (nSPS) is 18.7. The summed E-state index contributed by atoms with van der Waals surface area (Å²) in [7, 11) is -1.45. The highest BCUT2D eigenvalue weighted by Gasteiger charge is 2.42. The average molecular weight is 967 g/mol. The molecule has 0 aromatic carbocycles. The highest BCUT2D eigenvalue weighted by Crippen LogP contribution is 2.41. The van der Waals surface area contributed by atoms with Crippen LogP contribution in [0.5, 0.6) is 0 Å². The van der Waals surface area contributed by atoms with Crippen molar-refractivity contribution in [2.45, 2.75) is 24.9 Å². The Morgan fingerprint density at radius 1 is 0.586 bits per heavy atom. The molecule has 0 aliphatic carbocycles. The first-order valence-electron chi connectivity index (χ1n) is 23.4. The second kappa shape index (κ2) is 21.2. The third-order valence-corrected chi connectivity index (χ3v) is 13.1. The van der Waals surface area contributed by atoms with E-state index in [0.29, 0.717) is 47.1 Å². The van der Waals surface area contributed by atoms with E-state index in [2.05, 4.69) is 61.2 Å². The van der Waals surface area contributed by atoms with E-state index >= 15 is 0 Å². The fraction of sp³-hybridized carbons (Fsp3) is 0.333. The van der Waals surface area contributed by atoms with Crippen LogP contribution in [-0.2, 0) is 9.47 Å². The number of morpholine rings is 2. The molecule has 4 bridgehead atoms. The number of carbonyl (C=O) groups is 2. The second-order valence-corrected chi connectivity index (χ2v) is 17.6. The fourth-order valence-corrected chi connectivity index (χ4v) is 9.48. The summed E-state index contributed by atoms with van der Waals surface area (Å²) in [4.78, 5) is 64.9. The van der Waals surface area contributed by atoms with Gasteiger partial charge in [0, 0.05) is 88.2 Å². The van der Waals surface area contributed by atoms with Gasteiger partial charge in [0.1, 0.15) is 28.4 Å². The summed E-state index contributed by atoms with van der Waals surface area (Å²) in [6.07, 6.45) is 8.49. The van der Waals surface area contributed by atoms with Crippen molar-refractivity contribution in [3.05, 3.63) is 115 Å². The van der Waals surface area contributed by atoms with E-state index in [1.165, 1.54) is 6.20 Å². The van der Waals surface area contributed by atoms with Crippen molar-refractivity contribution < 1.29 is 29.1 Å². The number of ether oxygens (including phenoxy) is 2. The van der Waals surface area contributed by atoms with Gasteiger partial charge in [-0.15, -0.1) is 0 Å². The molecule has 6 aliphatic rings. The van der Waals surface area contributed by atoms with Crippen molar-refractivity contribution in [3.8, 4) is 11.3 Å². The summed E-state index contributed by atoms with van der Waals surface area (Å²) in [5.41, 5.74) is 4.07. The summed E-state index contributed by atoms with van der Waals surface area (Å²) in [5.74, 6) is 4.16. The molecule has 4 N–H and O–H groups in total. The van der Waals surface area contributed by atoms with Gasteiger partial charge in [-0.1, -0.05) is 29.8 Å². The Labute approximate surface area is 410 Å². The molecule has 12 heterocycles. The molecule has 6 aromatic heterocycles. The third kappa shape index (κ3) is 10.4. The zero-order valence-electron chi connectivity index (χ0n) is 38.3. The second-order valence-electron chi connectivity index (χ2n) is 17.3. The standard InChI is InChI=1S/C24H25N7O2.C15H14ClN5O.C9H13BN2O3/c32-24(28-21-3-1-2-9-25-21)31-18-8-10-30(16-18)20-6-5-19(27-23(20)31)17-4-7-22(26-15-17)29-11-13-33-14-12-29;16-12-5-4-11-14(18-12)21(10-6-8-20(11)9-10)15(22)19-13-3-1-2-7-17-13;13-10(14)8-1-2-9(11-7-8)12-3-5-15-6-4-12/h1-7,9,15,18H,8,10-14,16H2,(H,25,28,32);1-5,7,10H,6,8-9H2,(H,17,19,22);1-2,7,13-14H,3-6H2/t18-;10-;/m00./s1. The first-order chi connectivity index (χ1) is 34.3. The Morgan fingerprint density at radius 2 is 1.11 bits per heavy atom. The summed E-state index contributed by atoms with van der Waals surface area (Å²) in [6, 6.07) is 25.9. The largest absolute Gasteiger partial charge is 0.490 e. The van der Waals surface area contributed by atoms with Gasteiger partial charge in [-0.25, -0.2) is 39.5 Å². The molecule has 4 fully saturated rings. The Hall–Kier alpha value is -7.17.